The molecule has 0 aliphatic rings. The number of carbonyl (C=O) groups is 3. The van der Waals surface area contributed by atoms with Crippen LogP contribution < -0.4 is 5.32 Å². The normalized spacial score (nSPS) is 10.3. The Bertz CT molecular complexity index is 535. The van der Waals surface area contributed by atoms with Crippen molar-refractivity contribution in [2.24, 2.45) is 0 Å². The van der Waals surface area contributed by atoms with Crippen molar-refractivity contribution in [3.8, 4) is 0 Å². The van der Waals surface area contributed by atoms with Crippen LogP contribution in [0.5, 0.6) is 0 Å². The Kier molecular flexibility index (Phi) is 8.54. The molecule has 0 aliphatic heterocycles. The summed E-state index contributed by atoms with van der Waals surface area (Å²) in [6.45, 7) is 5.52. The highest BCUT2D eigenvalue weighted by Crippen LogP contribution is 2.07. The first-order chi connectivity index (χ1) is 11.5. The number of nitrogens with one attached hydrogen (secondary N) is 1. The standard InChI is InChI=1S/C18H25NO5/c1-4-23-17(21)16(18(22)24-5-2)19-15(20)8-6-7-14-11-9-13(3)10-12-14/h9-12,16H,4-8H2,1-3H3,(H,19,20). The summed E-state index contributed by atoms with van der Waals surface area (Å²) in [5.41, 5.74) is 2.32. The number of carbonyl (C=O) groups excluding carboxylic acids is 3. The van der Waals surface area contributed by atoms with E-state index in [4.69, 9.17) is 9.47 Å². The highest BCUT2D eigenvalue weighted by atomic mass is 16.6. The van der Waals surface area contributed by atoms with Gasteiger partial charge in [-0.25, -0.2) is 9.59 Å². The lowest BCUT2D eigenvalue weighted by atomic mass is 10.1. The maximum atomic E-state index is 12.0. The Morgan fingerprint density at radius 3 is 2.04 bits per heavy atom. The van der Waals surface area contributed by atoms with Crippen LogP contribution in [0.25, 0.3) is 0 Å². The van der Waals surface area contributed by atoms with Crippen molar-refractivity contribution in [3.05, 3.63) is 35.4 Å². The van der Waals surface area contributed by atoms with Crippen molar-refractivity contribution in [2.75, 3.05) is 13.2 Å². The first kappa shape index (κ1) is 19.7. The average molecular weight is 335 g/mol. The fourth-order valence-electron chi connectivity index (χ4n) is 2.11. The SMILES string of the molecule is CCOC(=O)C(NC(=O)CCCc1ccc(C)cc1)C(=O)OCC. The molecule has 1 aromatic rings. The van der Waals surface area contributed by atoms with Gasteiger partial charge in [0.2, 0.25) is 11.9 Å². The number of hydrogen-bond donors (Lipinski definition) is 1. The number of esters is 2. The maximum Gasteiger partial charge on any atom is 0.340 e. The summed E-state index contributed by atoms with van der Waals surface area (Å²) < 4.78 is 9.61. The summed E-state index contributed by atoms with van der Waals surface area (Å²) in [6, 6.07) is 6.68. The van der Waals surface area contributed by atoms with Crippen molar-refractivity contribution in [1.82, 2.24) is 5.32 Å². The van der Waals surface area contributed by atoms with E-state index >= 15 is 0 Å². The highest BCUT2D eigenvalue weighted by Gasteiger charge is 2.30. The second kappa shape index (κ2) is 10.4. The molecule has 6 heteroatoms. The number of rotatable bonds is 9. The van der Waals surface area contributed by atoms with Crippen LogP contribution in [0.1, 0.15) is 37.8 Å². The Hall–Kier alpha value is -2.37. The van der Waals surface area contributed by atoms with E-state index in [0.717, 1.165) is 12.0 Å². The monoisotopic (exact) mass is 335 g/mol. The Morgan fingerprint density at radius 1 is 1.00 bits per heavy atom. The van der Waals surface area contributed by atoms with Crippen molar-refractivity contribution < 1.29 is 23.9 Å². The molecule has 0 saturated heterocycles. The van der Waals surface area contributed by atoms with Crippen molar-refractivity contribution >= 4 is 17.8 Å². The predicted octanol–water partition coefficient (Wildman–Crippen LogP) is 1.93. The molecule has 6 nitrogen and oxygen atoms in total. The molecule has 0 fully saturated rings. The molecule has 0 saturated carbocycles. The second-order valence-electron chi connectivity index (χ2n) is 5.34. The fourth-order valence-corrected chi connectivity index (χ4v) is 2.11. The lowest BCUT2D eigenvalue weighted by Gasteiger charge is -2.15. The largest absolute Gasteiger partial charge is 0.464 e. The van der Waals surface area contributed by atoms with Crippen LogP contribution in [0.15, 0.2) is 24.3 Å². The van der Waals surface area contributed by atoms with Crippen LogP contribution in [-0.2, 0) is 30.3 Å². The minimum absolute atomic E-state index is 0.123. The molecule has 0 heterocycles. The number of aryl methyl sites for hydroxylation is 2. The van der Waals surface area contributed by atoms with E-state index < -0.39 is 18.0 Å². The first-order valence-corrected chi connectivity index (χ1v) is 8.16. The van der Waals surface area contributed by atoms with Gasteiger partial charge in [-0.05, 0) is 39.2 Å². The molecule has 1 rings (SSSR count). The van der Waals surface area contributed by atoms with Gasteiger partial charge in [0.05, 0.1) is 13.2 Å². The zero-order valence-electron chi connectivity index (χ0n) is 14.5. The summed E-state index contributed by atoms with van der Waals surface area (Å²) in [5.74, 6) is -1.99. The lowest BCUT2D eigenvalue weighted by molar-refractivity contribution is -0.159. The van der Waals surface area contributed by atoms with Gasteiger partial charge in [-0.15, -0.1) is 0 Å². The molecule has 0 unspecified atom stereocenters. The summed E-state index contributed by atoms with van der Waals surface area (Å²) in [5, 5.41) is 2.39. The zero-order valence-corrected chi connectivity index (χ0v) is 14.5. The Labute approximate surface area is 142 Å². The molecule has 0 aromatic heterocycles. The summed E-state index contributed by atoms with van der Waals surface area (Å²) in [7, 11) is 0. The molecule has 132 valence electrons. The molecule has 1 aromatic carbocycles. The summed E-state index contributed by atoms with van der Waals surface area (Å²) in [6.07, 6.45) is 1.58. The summed E-state index contributed by atoms with van der Waals surface area (Å²) >= 11 is 0. The Morgan fingerprint density at radius 2 is 1.54 bits per heavy atom. The van der Waals surface area contributed by atoms with Crippen LogP contribution in [-0.4, -0.2) is 37.1 Å². The van der Waals surface area contributed by atoms with Crippen LogP contribution in [0.4, 0.5) is 0 Å². The van der Waals surface area contributed by atoms with E-state index in [1.807, 2.05) is 31.2 Å². The molecule has 0 atom stereocenters. The molecule has 0 bridgehead atoms. The molecule has 1 N–H and O–H groups in total. The van der Waals surface area contributed by atoms with Gasteiger partial charge in [0, 0.05) is 6.42 Å². The van der Waals surface area contributed by atoms with Gasteiger partial charge >= 0.3 is 11.9 Å². The quantitative estimate of drug-likeness (QED) is 0.551. The molecule has 24 heavy (non-hydrogen) atoms. The van der Waals surface area contributed by atoms with E-state index in [-0.39, 0.29) is 25.5 Å². The molecular weight excluding hydrogens is 310 g/mol. The molecule has 0 radical (unpaired) electrons. The Balaban J connectivity index is 2.50. The van der Waals surface area contributed by atoms with Gasteiger partial charge in [0.15, 0.2) is 0 Å². The van der Waals surface area contributed by atoms with E-state index in [9.17, 15) is 14.4 Å². The number of ether oxygens (including phenoxy) is 2. The van der Waals surface area contributed by atoms with E-state index in [0.29, 0.717) is 6.42 Å². The van der Waals surface area contributed by atoms with Gasteiger partial charge in [-0.1, -0.05) is 29.8 Å². The van der Waals surface area contributed by atoms with Gasteiger partial charge in [-0.3, -0.25) is 4.79 Å². The van der Waals surface area contributed by atoms with Crippen molar-refractivity contribution in [2.45, 2.75) is 46.1 Å². The minimum Gasteiger partial charge on any atom is -0.464 e. The van der Waals surface area contributed by atoms with Gasteiger partial charge in [0.1, 0.15) is 0 Å². The third kappa shape index (κ3) is 6.81. The lowest BCUT2D eigenvalue weighted by Crippen LogP contribution is -2.48. The van der Waals surface area contributed by atoms with E-state index in [1.54, 1.807) is 13.8 Å². The number of benzene rings is 1. The van der Waals surface area contributed by atoms with Crippen LogP contribution in [0.2, 0.25) is 0 Å². The zero-order chi connectivity index (χ0) is 17.9. The maximum absolute atomic E-state index is 12.0. The van der Waals surface area contributed by atoms with Gasteiger partial charge in [0.25, 0.3) is 0 Å². The van der Waals surface area contributed by atoms with E-state index in [1.165, 1.54) is 5.56 Å². The minimum atomic E-state index is -1.41. The van der Waals surface area contributed by atoms with Gasteiger partial charge in [-0.2, -0.15) is 0 Å². The van der Waals surface area contributed by atoms with Crippen LogP contribution in [0, 0.1) is 6.92 Å². The van der Waals surface area contributed by atoms with Crippen LogP contribution in [0.3, 0.4) is 0 Å². The highest BCUT2D eigenvalue weighted by molar-refractivity contribution is 6.02. The molecule has 0 spiro atoms. The van der Waals surface area contributed by atoms with E-state index in [2.05, 4.69) is 5.32 Å². The van der Waals surface area contributed by atoms with Gasteiger partial charge < -0.3 is 14.8 Å². The molecular formula is C18H25NO5. The predicted molar refractivity (Wildman–Crippen MR) is 89.3 cm³/mol. The first-order valence-electron chi connectivity index (χ1n) is 8.16. The van der Waals surface area contributed by atoms with Crippen LogP contribution >= 0.6 is 0 Å². The summed E-state index contributed by atoms with van der Waals surface area (Å²) in [4.78, 5) is 35.6. The molecule has 0 aliphatic carbocycles. The second-order valence-corrected chi connectivity index (χ2v) is 5.34. The number of amides is 1. The number of hydrogen-bond acceptors (Lipinski definition) is 5. The average Bonchev–Trinajstić information content (AvgIpc) is 2.55. The third-order valence-electron chi connectivity index (χ3n) is 3.34. The molecule has 1 amide bonds. The van der Waals surface area contributed by atoms with Crippen molar-refractivity contribution in [1.29, 1.82) is 0 Å². The fraction of sp³-hybridized carbons (Fsp3) is 0.500. The van der Waals surface area contributed by atoms with Crippen molar-refractivity contribution in [3.63, 3.8) is 0 Å². The smallest absolute Gasteiger partial charge is 0.340 e. The third-order valence-corrected chi connectivity index (χ3v) is 3.34. The topological polar surface area (TPSA) is 81.7 Å².